The summed E-state index contributed by atoms with van der Waals surface area (Å²) in [5.41, 5.74) is 0.168. The van der Waals surface area contributed by atoms with Gasteiger partial charge in [-0.05, 0) is 26.7 Å². The molecule has 2 saturated carbocycles. The van der Waals surface area contributed by atoms with Crippen molar-refractivity contribution in [2.24, 2.45) is 23.7 Å². The van der Waals surface area contributed by atoms with E-state index >= 15 is 0 Å². The minimum Gasteiger partial charge on any atom is -0.458 e. The molecule has 8 nitrogen and oxygen atoms in total. The summed E-state index contributed by atoms with van der Waals surface area (Å²) in [4.78, 5) is 47.5. The van der Waals surface area contributed by atoms with Gasteiger partial charge in [-0.2, -0.15) is 0 Å². The van der Waals surface area contributed by atoms with Crippen molar-refractivity contribution < 1.29 is 38.1 Å². The maximum absolute atomic E-state index is 12.3. The van der Waals surface area contributed by atoms with Gasteiger partial charge in [-0.15, -0.1) is 0 Å². The van der Waals surface area contributed by atoms with Crippen molar-refractivity contribution in [3.05, 3.63) is 12.2 Å². The summed E-state index contributed by atoms with van der Waals surface area (Å²) in [5, 5.41) is 0. The molecule has 1 heterocycles. The predicted octanol–water partition coefficient (Wildman–Crippen LogP) is 1.12. The van der Waals surface area contributed by atoms with Crippen LogP contribution in [-0.2, 0) is 38.1 Å². The van der Waals surface area contributed by atoms with Gasteiger partial charge in [0.25, 0.3) is 0 Å². The lowest BCUT2D eigenvalue weighted by molar-refractivity contribution is -0.189. The number of carbonyl (C=O) groups is 4. The van der Waals surface area contributed by atoms with Gasteiger partial charge in [0.2, 0.25) is 6.29 Å². The van der Waals surface area contributed by atoms with Crippen molar-refractivity contribution >= 4 is 23.9 Å². The third-order valence-corrected chi connectivity index (χ3v) is 5.28. The molecule has 0 spiro atoms. The normalized spacial score (nSPS) is 33.2. The van der Waals surface area contributed by atoms with Crippen LogP contribution in [0.1, 0.15) is 33.6 Å². The Balaban J connectivity index is 1.52. The third-order valence-electron chi connectivity index (χ3n) is 5.28. The van der Waals surface area contributed by atoms with E-state index in [0.29, 0.717) is 6.42 Å². The van der Waals surface area contributed by atoms with Crippen molar-refractivity contribution in [3.63, 3.8) is 0 Å². The average Bonchev–Trinajstić information content (AvgIpc) is 3.18. The molecule has 142 valence electrons. The highest BCUT2D eigenvalue weighted by Gasteiger charge is 2.63. The van der Waals surface area contributed by atoms with Gasteiger partial charge in [0.1, 0.15) is 12.2 Å². The van der Waals surface area contributed by atoms with Crippen LogP contribution in [0.15, 0.2) is 12.2 Å². The minimum absolute atomic E-state index is 0.0776. The molecule has 3 aliphatic rings. The fraction of sp³-hybridized carbons (Fsp3) is 0.667. The van der Waals surface area contributed by atoms with Crippen LogP contribution in [0.5, 0.6) is 0 Å². The standard InChI is InChI=1S/C18H22O8/c1-7(2)15(19)23-9(4)24-16(20)8(3)17(21)25-13-10-5-11-12(6-10)18(22)26-14(11)13/h8-14H,1,5-6H2,2-4H3. The van der Waals surface area contributed by atoms with Crippen LogP contribution in [0, 0.1) is 23.7 Å². The molecule has 26 heavy (non-hydrogen) atoms. The van der Waals surface area contributed by atoms with Gasteiger partial charge in [-0.3, -0.25) is 14.4 Å². The molecule has 0 aromatic rings. The van der Waals surface area contributed by atoms with Crippen LogP contribution < -0.4 is 0 Å². The number of esters is 4. The Morgan fingerprint density at radius 1 is 1.15 bits per heavy atom. The van der Waals surface area contributed by atoms with Gasteiger partial charge >= 0.3 is 23.9 Å². The lowest BCUT2D eigenvalue weighted by atomic mass is 9.88. The average molecular weight is 366 g/mol. The summed E-state index contributed by atoms with van der Waals surface area (Å²) in [5.74, 6) is -3.59. The van der Waals surface area contributed by atoms with Crippen molar-refractivity contribution in [3.8, 4) is 0 Å². The first-order chi connectivity index (χ1) is 12.2. The molecular formula is C18H22O8. The Kier molecular flexibility index (Phi) is 4.77. The molecule has 0 N–H and O–H groups in total. The van der Waals surface area contributed by atoms with Crippen LogP contribution in [0.25, 0.3) is 0 Å². The molecule has 3 fully saturated rings. The molecule has 7 unspecified atom stereocenters. The Labute approximate surface area is 150 Å². The maximum Gasteiger partial charge on any atom is 0.336 e. The summed E-state index contributed by atoms with van der Waals surface area (Å²) < 4.78 is 20.6. The molecule has 2 bridgehead atoms. The largest absolute Gasteiger partial charge is 0.458 e. The molecule has 1 saturated heterocycles. The van der Waals surface area contributed by atoms with Crippen molar-refractivity contribution in [1.29, 1.82) is 0 Å². The molecule has 0 radical (unpaired) electrons. The number of rotatable bonds is 6. The van der Waals surface area contributed by atoms with Gasteiger partial charge in [0.15, 0.2) is 5.92 Å². The molecule has 0 aromatic heterocycles. The second-order valence-electron chi connectivity index (χ2n) is 7.22. The topological polar surface area (TPSA) is 105 Å². The Bertz CT molecular complexity index is 668. The summed E-state index contributed by atoms with van der Waals surface area (Å²) in [7, 11) is 0. The molecular weight excluding hydrogens is 344 g/mol. The van der Waals surface area contributed by atoms with Crippen LogP contribution >= 0.6 is 0 Å². The van der Waals surface area contributed by atoms with E-state index in [-0.39, 0.29) is 29.3 Å². The summed E-state index contributed by atoms with van der Waals surface area (Å²) >= 11 is 0. The number of ether oxygens (including phenoxy) is 4. The molecule has 1 aliphatic heterocycles. The monoisotopic (exact) mass is 366 g/mol. The zero-order valence-corrected chi connectivity index (χ0v) is 14.9. The molecule has 2 aliphatic carbocycles. The van der Waals surface area contributed by atoms with Crippen LogP contribution in [0.4, 0.5) is 0 Å². The number of fused-ring (bicyclic) bond motifs is 1. The highest BCUT2D eigenvalue weighted by atomic mass is 16.7. The van der Waals surface area contributed by atoms with Gasteiger partial charge in [-0.1, -0.05) is 6.58 Å². The first-order valence-electron chi connectivity index (χ1n) is 8.67. The fourth-order valence-electron chi connectivity index (χ4n) is 3.94. The highest BCUT2D eigenvalue weighted by molar-refractivity contribution is 5.94. The Morgan fingerprint density at radius 2 is 1.85 bits per heavy atom. The number of hydrogen-bond donors (Lipinski definition) is 0. The van der Waals surface area contributed by atoms with E-state index in [4.69, 9.17) is 18.9 Å². The lowest BCUT2D eigenvalue weighted by Crippen LogP contribution is -2.39. The smallest absolute Gasteiger partial charge is 0.336 e. The van der Waals surface area contributed by atoms with E-state index in [1.807, 2.05) is 0 Å². The Morgan fingerprint density at radius 3 is 2.50 bits per heavy atom. The first-order valence-corrected chi connectivity index (χ1v) is 8.67. The van der Waals surface area contributed by atoms with E-state index in [1.165, 1.54) is 20.8 Å². The number of hydrogen-bond acceptors (Lipinski definition) is 8. The molecule has 7 atom stereocenters. The summed E-state index contributed by atoms with van der Waals surface area (Å²) in [6.45, 7) is 7.61. The van der Waals surface area contributed by atoms with Crippen molar-refractivity contribution in [1.82, 2.24) is 0 Å². The van der Waals surface area contributed by atoms with Crippen molar-refractivity contribution in [2.75, 3.05) is 0 Å². The second kappa shape index (κ2) is 6.74. The summed E-state index contributed by atoms with van der Waals surface area (Å²) in [6.07, 6.45) is -0.616. The van der Waals surface area contributed by atoms with E-state index < -0.39 is 42.3 Å². The van der Waals surface area contributed by atoms with E-state index in [0.717, 1.165) is 6.42 Å². The van der Waals surface area contributed by atoms with Gasteiger partial charge < -0.3 is 18.9 Å². The molecule has 0 aromatic carbocycles. The van der Waals surface area contributed by atoms with Gasteiger partial charge in [0.05, 0.1) is 5.92 Å². The zero-order valence-electron chi connectivity index (χ0n) is 14.9. The predicted molar refractivity (Wildman–Crippen MR) is 85.1 cm³/mol. The van der Waals surface area contributed by atoms with Gasteiger partial charge in [0, 0.05) is 24.3 Å². The first kappa shape index (κ1) is 18.4. The molecule has 8 heteroatoms. The van der Waals surface area contributed by atoms with E-state index in [9.17, 15) is 19.2 Å². The number of carbonyl (C=O) groups excluding carboxylic acids is 4. The van der Waals surface area contributed by atoms with E-state index in [1.54, 1.807) is 0 Å². The zero-order chi connectivity index (χ0) is 19.2. The van der Waals surface area contributed by atoms with E-state index in [2.05, 4.69) is 6.58 Å². The van der Waals surface area contributed by atoms with Gasteiger partial charge in [-0.25, -0.2) is 4.79 Å². The third kappa shape index (κ3) is 3.20. The van der Waals surface area contributed by atoms with Crippen LogP contribution in [0.2, 0.25) is 0 Å². The molecule has 0 amide bonds. The van der Waals surface area contributed by atoms with Crippen LogP contribution in [-0.4, -0.2) is 42.4 Å². The molecule has 3 rings (SSSR count). The minimum atomic E-state index is -1.19. The maximum atomic E-state index is 12.3. The summed E-state index contributed by atoms with van der Waals surface area (Å²) in [6, 6.07) is 0. The second-order valence-corrected chi connectivity index (χ2v) is 7.22. The SMILES string of the molecule is C=C(C)C(=O)OC(C)OC(=O)C(C)C(=O)OC1C2CC3C(=O)OC1C3C2. The quantitative estimate of drug-likeness (QED) is 0.226. The Hall–Kier alpha value is -2.38. The van der Waals surface area contributed by atoms with Crippen molar-refractivity contribution in [2.45, 2.75) is 52.1 Å². The fourth-order valence-corrected chi connectivity index (χ4v) is 3.94. The highest BCUT2D eigenvalue weighted by Crippen LogP contribution is 2.55. The lowest BCUT2D eigenvalue weighted by Gasteiger charge is -2.26. The van der Waals surface area contributed by atoms with Crippen LogP contribution in [0.3, 0.4) is 0 Å².